The summed E-state index contributed by atoms with van der Waals surface area (Å²) >= 11 is 0. The molecule has 0 unspecified atom stereocenters. The minimum absolute atomic E-state index is 0.153. The van der Waals surface area contributed by atoms with Crippen molar-refractivity contribution in [3.63, 3.8) is 0 Å². The monoisotopic (exact) mass is 307 g/mol. The summed E-state index contributed by atoms with van der Waals surface area (Å²) in [6.45, 7) is 4.86. The van der Waals surface area contributed by atoms with E-state index >= 15 is 0 Å². The van der Waals surface area contributed by atoms with Gasteiger partial charge in [0, 0.05) is 0 Å². The van der Waals surface area contributed by atoms with Gasteiger partial charge in [-0.1, -0.05) is 30.3 Å². The predicted octanol–water partition coefficient (Wildman–Crippen LogP) is 0.901. The van der Waals surface area contributed by atoms with Crippen LogP contribution in [0.5, 0.6) is 0 Å². The summed E-state index contributed by atoms with van der Waals surface area (Å²) in [6.07, 6.45) is -0.543. The molecule has 0 spiro atoms. The topological polar surface area (TPSA) is 96.5 Å². The first-order chi connectivity index (χ1) is 10.3. The summed E-state index contributed by atoms with van der Waals surface area (Å²) in [7, 11) is 0. The molecular weight excluding hydrogens is 286 g/mol. The summed E-state index contributed by atoms with van der Waals surface area (Å²) in [5, 5.41) is 2.29. The Kier molecular flexibility index (Phi) is 6.37. The van der Waals surface area contributed by atoms with E-state index in [-0.39, 0.29) is 18.9 Å². The van der Waals surface area contributed by atoms with E-state index in [1.807, 2.05) is 30.3 Å². The van der Waals surface area contributed by atoms with Crippen LogP contribution in [0.25, 0.3) is 0 Å². The van der Waals surface area contributed by atoms with Gasteiger partial charge in [0.25, 0.3) is 5.91 Å². The molecule has 120 valence electrons. The zero-order valence-electron chi connectivity index (χ0n) is 12.9. The molecule has 0 aliphatic rings. The van der Waals surface area contributed by atoms with Gasteiger partial charge in [-0.3, -0.25) is 20.4 Å². The average Bonchev–Trinajstić information content (AvgIpc) is 2.42. The molecule has 0 fully saturated rings. The second kappa shape index (κ2) is 8.02. The molecule has 0 aliphatic heterocycles. The Balaban J connectivity index is 2.23. The van der Waals surface area contributed by atoms with E-state index in [1.165, 1.54) is 0 Å². The Morgan fingerprint density at radius 2 is 1.59 bits per heavy atom. The molecule has 1 rings (SSSR count). The molecule has 7 nitrogen and oxygen atoms in total. The Hall–Kier alpha value is -2.57. The van der Waals surface area contributed by atoms with Gasteiger partial charge >= 0.3 is 6.09 Å². The van der Waals surface area contributed by atoms with Crippen molar-refractivity contribution >= 4 is 17.9 Å². The van der Waals surface area contributed by atoms with Crippen LogP contribution in [0.3, 0.4) is 0 Å². The zero-order chi connectivity index (χ0) is 16.6. The standard InChI is InChI=1S/C15H21N3O4/c1-15(2,3)22-14(21)16-10-13(20)18-17-12(19)9-11-7-5-4-6-8-11/h4-8H,9-10H2,1-3H3,(H,16,21)(H,17,19)(H,18,20). The fourth-order valence-electron chi connectivity index (χ4n) is 1.48. The molecule has 1 aromatic rings. The SMILES string of the molecule is CC(C)(C)OC(=O)NCC(=O)NNC(=O)Cc1ccccc1. The molecular formula is C15H21N3O4. The first-order valence-electron chi connectivity index (χ1n) is 6.85. The molecule has 0 atom stereocenters. The van der Waals surface area contributed by atoms with Gasteiger partial charge in [0.1, 0.15) is 12.1 Å². The van der Waals surface area contributed by atoms with Crippen molar-refractivity contribution in [3.05, 3.63) is 35.9 Å². The quantitative estimate of drug-likeness (QED) is 0.720. The maximum absolute atomic E-state index is 11.6. The van der Waals surface area contributed by atoms with Gasteiger partial charge in [0.05, 0.1) is 6.42 Å². The molecule has 22 heavy (non-hydrogen) atoms. The summed E-state index contributed by atoms with van der Waals surface area (Å²) in [6, 6.07) is 9.13. The second-order valence-electron chi connectivity index (χ2n) is 5.61. The number of alkyl carbamates (subject to hydrolysis) is 1. The smallest absolute Gasteiger partial charge is 0.408 e. The lowest BCUT2D eigenvalue weighted by Crippen LogP contribution is -2.47. The Morgan fingerprint density at radius 3 is 2.18 bits per heavy atom. The van der Waals surface area contributed by atoms with Crippen LogP contribution in [-0.2, 0) is 20.7 Å². The first-order valence-corrected chi connectivity index (χ1v) is 6.85. The van der Waals surface area contributed by atoms with Crippen molar-refractivity contribution < 1.29 is 19.1 Å². The maximum atomic E-state index is 11.6. The van der Waals surface area contributed by atoms with Crippen LogP contribution in [0.1, 0.15) is 26.3 Å². The van der Waals surface area contributed by atoms with Crippen molar-refractivity contribution in [1.82, 2.24) is 16.2 Å². The van der Waals surface area contributed by atoms with Crippen LogP contribution in [0.4, 0.5) is 4.79 Å². The first kappa shape index (κ1) is 17.5. The van der Waals surface area contributed by atoms with Crippen LogP contribution in [0, 0.1) is 0 Å². The van der Waals surface area contributed by atoms with Gasteiger partial charge in [-0.05, 0) is 26.3 Å². The molecule has 0 aliphatic carbocycles. The van der Waals surface area contributed by atoms with E-state index < -0.39 is 17.6 Å². The molecule has 1 aromatic carbocycles. The van der Waals surface area contributed by atoms with Gasteiger partial charge in [-0.25, -0.2) is 4.79 Å². The molecule has 0 radical (unpaired) electrons. The summed E-state index contributed by atoms with van der Waals surface area (Å²) in [4.78, 5) is 34.4. The number of hydrazine groups is 1. The normalized spacial score (nSPS) is 10.5. The fourth-order valence-corrected chi connectivity index (χ4v) is 1.48. The number of hydrogen-bond acceptors (Lipinski definition) is 4. The third kappa shape index (κ3) is 7.88. The van der Waals surface area contributed by atoms with Crippen LogP contribution < -0.4 is 16.2 Å². The number of carbonyl (C=O) groups excluding carboxylic acids is 3. The number of ether oxygens (including phenoxy) is 1. The van der Waals surface area contributed by atoms with Crippen LogP contribution in [0.15, 0.2) is 30.3 Å². The predicted molar refractivity (Wildman–Crippen MR) is 80.7 cm³/mol. The van der Waals surface area contributed by atoms with Crippen molar-refractivity contribution in [1.29, 1.82) is 0 Å². The lowest BCUT2D eigenvalue weighted by Gasteiger charge is -2.19. The lowest BCUT2D eigenvalue weighted by atomic mass is 10.1. The molecule has 3 amide bonds. The highest BCUT2D eigenvalue weighted by atomic mass is 16.6. The van der Waals surface area contributed by atoms with Gasteiger partial charge in [0.2, 0.25) is 5.91 Å². The molecule has 0 saturated carbocycles. The van der Waals surface area contributed by atoms with E-state index in [0.717, 1.165) is 5.56 Å². The van der Waals surface area contributed by atoms with Crippen LogP contribution in [0.2, 0.25) is 0 Å². The highest BCUT2D eigenvalue weighted by Crippen LogP contribution is 2.06. The third-order valence-corrected chi connectivity index (χ3v) is 2.34. The van der Waals surface area contributed by atoms with Gasteiger partial charge in [-0.15, -0.1) is 0 Å². The Morgan fingerprint density at radius 1 is 1.00 bits per heavy atom. The fraction of sp³-hybridized carbons (Fsp3) is 0.400. The molecule has 0 saturated heterocycles. The van der Waals surface area contributed by atoms with Crippen molar-refractivity contribution in [2.75, 3.05) is 6.54 Å². The molecule has 3 N–H and O–H groups in total. The minimum Gasteiger partial charge on any atom is -0.444 e. The number of rotatable bonds is 4. The number of carbonyl (C=O) groups is 3. The maximum Gasteiger partial charge on any atom is 0.408 e. The average molecular weight is 307 g/mol. The number of nitrogens with one attached hydrogen (secondary N) is 3. The van der Waals surface area contributed by atoms with Crippen molar-refractivity contribution in [3.8, 4) is 0 Å². The summed E-state index contributed by atoms with van der Waals surface area (Å²) < 4.78 is 4.98. The molecule has 0 heterocycles. The largest absolute Gasteiger partial charge is 0.444 e. The molecule has 0 aromatic heterocycles. The van der Waals surface area contributed by atoms with E-state index in [2.05, 4.69) is 16.2 Å². The second-order valence-corrected chi connectivity index (χ2v) is 5.61. The van der Waals surface area contributed by atoms with Crippen LogP contribution >= 0.6 is 0 Å². The van der Waals surface area contributed by atoms with Crippen molar-refractivity contribution in [2.24, 2.45) is 0 Å². The van der Waals surface area contributed by atoms with E-state index in [0.29, 0.717) is 0 Å². The Labute approximate surface area is 129 Å². The Bertz CT molecular complexity index is 523. The highest BCUT2D eigenvalue weighted by Gasteiger charge is 2.16. The summed E-state index contributed by atoms with van der Waals surface area (Å²) in [5.74, 6) is -0.899. The number of hydrogen-bond donors (Lipinski definition) is 3. The van der Waals surface area contributed by atoms with E-state index in [9.17, 15) is 14.4 Å². The van der Waals surface area contributed by atoms with Crippen LogP contribution in [-0.4, -0.2) is 30.1 Å². The van der Waals surface area contributed by atoms with Crippen molar-refractivity contribution in [2.45, 2.75) is 32.8 Å². The number of benzene rings is 1. The lowest BCUT2D eigenvalue weighted by molar-refractivity contribution is -0.128. The van der Waals surface area contributed by atoms with Gasteiger partial charge < -0.3 is 10.1 Å². The van der Waals surface area contributed by atoms with Gasteiger partial charge in [0.15, 0.2) is 0 Å². The molecule has 0 bridgehead atoms. The highest BCUT2D eigenvalue weighted by molar-refractivity contribution is 5.85. The zero-order valence-corrected chi connectivity index (χ0v) is 12.9. The summed E-state index contributed by atoms with van der Waals surface area (Å²) in [5.41, 5.74) is 4.68. The van der Waals surface area contributed by atoms with E-state index in [1.54, 1.807) is 20.8 Å². The minimum atomic E-state index is -0.696. The molecule has 7 heteroatoms. The number of amides is 3. The third-order valence-electron chi connectivity index (χ3n) is 2.34. The van der Waals surface area contributed by atoms with E-state index in [4.69, 9.17) is 4.74 Å². The van der Waals surface area contributed by atoms with Gasteiger partial charge in [-0.2, -0.15) is 0 Å².